The van der Waals surface area contributed by atoms with Crippen molar-refractivity contribution in [1.29, 1.82) is 0 Å². The zero-order chi connectivity index (χ0) is 18.6. The van der Waals surface area contributed by atoms with E-state index in [1.807, 2.05) is 0 Å². The highest BCUT2D eigenvalue weighted by atomic mass is 14.2. The predicted octanol–water partition coefficient (Wildman–Crippen LogP) is 9.52. The summed E-state index contributed by atoms with van der Waals surface area (Å²) in [6, 6.07) is 0. The van der Waals surface area contributed by atoms with Crippen LogP contribution >= 0.6 is 0 Å². The van der Waals surface area contributed by atoms with Crippen molar-refractivity contribution < 1.29 is 0 Å². The molecule has 0 heterocycles. The summed E-state index contributed by atoms with van der Waals surface area (Å²) in [5.41, 5.74) is 0. The van der Waals surface area contributed by atoms with Crippen molar-refractivity contribution in [3.8, 4) is 0 Å². The molecular weight excluding hydrogens is 300 g/mol. The van der Waals surface area contributed by atoms with Gasteiger partial charge in [-0.2, -0.15) is 0 Å². The van der Waals surface area contributed by atoms with Gasteiger partial charge in [0.05, 0.1) is 0 Å². The minimum Gasteiger partial charge on any atom is -0.0654 e. The Morgan fingerprint density at radius 1 is 0.440 bits per heavy atom. The Morgan fingerprint density at radius 2 is 0.800 bits per heavy atom. The number of rotatable bonds is 20. The molecule has 0 aliphatic rings. The zero-order valence-electron chi connectivity index (χ0n) is 18.5. The van der Waals surface area contributed by atoms with Crippen molar-refractivity contribution in [3.63, 3.8) is 0 Å². The van der Waals surface area contributed by atoms with E-state index in [-0.39, 0.29) is 0 Å². The van der Waals surface area contributed by atoms with Gasteiger partial charge < -0.3 is 0 Å². The molecule has 1 radical (unpaired) electrons. The SMILES string of the molecule is CCCCCCCCC([CH]C(CC)CCCCCC)CCCCCC. The molecule has 0 aliphatic carbocycles. The quantitative estimate of drug-likeness (QED) is 0.191. The van der Waals surface area contributed by atoms with Crippen LogP contribution in [-0.4, -0.2) is 0 Å². The van der Waals surface area contributed by atoms with E-state index < -0.39 is 0 Å². The van der Waals surface area contributed by atoms with Gasteiger partial charge in [0.1, 0.15) is 0 Å². The molecule has 151 valence electrons. The van der Waals surface area contributed by atoms with Crippen LogP contribution in [0.25, 0.3) is 0 Å². The first-order valence-electron chi connectivity index (χ1n) is 12.1. The molecule has 0 saturated heterocycles. The van der Waals surface area contributed by atoms with E-state index in [1.54, 1.807) is 0 Å². The number of hydrogen-bond donors (Lipinski definition) is 0. The van der Waals surface area contributed by atoms with Gasteiger partial charge in [-0.15, -0.1) is 0 Å². The maximum atomic E-state index is 2.80. The molecule has 0 rings (SSSR count). The molecule has 2 unspecified atom stereocenters. The highest BCUT2D eigenvalue weighted by Crippen LogP contribution is 2.28. The summed E-state index contributed by atoms with van der Waals surface area (Å²) >= 11 is 0. The molecule has 0 nitrogen and oxygen atoms in total. The van der Waals surface area contributed by atoms with Gasteiger partial charge >= 0.3 is 0 Å². The van der Waals surface area contributed by atoms with Gasteiger partial charge in [-0.1, -0.05) is 143 Å². The third-order valence-corrected chi connectivity index (χ3v) is 5.85. The van der Waals surface area contributed by atoms with Crippen LogP contribution in [0.5, 0.6) is 0 Å². The van der Waals surface area contributed by atoms with Crippen molar-refractivity contribution in [1.82, 2.24) is 0 Å². The molecule has 0 N–H and O–H groups in total. The second-order valence-electron chi connectivity index (χ2n) is 8.38. The molecule has 0 aromatic carbocycles. The number of unbranched alkanes of at least 4 members (excludes halogenated alkanes) is 11. The van der Waals surface area contributed by atoms with Gasteiger partial charge in [-0.05, 0) is 18.3 Å². The summed E-state index contributed by atoms with van der Waals surface area (Å²) in [7, 11) is 0. The minimum atomic E-state index is 0.883. The third-order valence-electron chi connectivity index (χ3n) is 5.85. The average Bonchev–Trinajstić information content (AvgIpc) is 2.63. The van der Waals surface area contributed by atoms with E-state index in [0.29, 0.717) is 0 Å². The number of hydrogen-bond acceptors (Lipinski definition) is 0. The summed E-state index contributed by atoms with van der Waals surface area (Å²) in [6.07, 6.45) is 28.5. The van der Waals surface area contributed by atoms with Gasteiger partial charge in [-0.3, -0.25) is 0 Å². The summed E-state index contributed by atoms with van der Waals surface area (Å²) in [4.78, 5) is 0. The Labute approximate surface area is 161 Å². The van der Waals surface area contributed by atoms with E-state index >= 15 is 0 Å². The van der Waals surface area contributed by atoms with E-state index in [0.717, 1.165) is 11.8 Å². The molecule has 25 heavy (non-hydrogen) atoms. The highest BCUT2D eigenvalue weighted by Gasteiger charge is 2.15. The standard InChI is InChI=1S/C25H51/c1-5-9-12-15-16-19-22-25(21-18-14-11-7-3)23-24(8-4)20-17-13-10-6-2/h23-25H,5-22H2,1-4H3. The smallest absolute Gasteiger partial charge is 0.0324 e. The first-order valence-corrected chi connectivity index (χ1v) is 12.1. The van der Waals surface area contributed by atoms with E-state index in [1.165, 1.54) is 116 Å². The van der Waals surface area contributed by atoms with Crippen LogP contribution < -0.4 is 0 Å². The van der Waals surface area contributed by atoms with E-state index in [4.69, 9.17) is 0 Å². The average molecular weight is 352 g/mol. The molecule has 0 aromatic rings. The van der Waals surface area contributed by atoms with Gasteiger partial charge in [0.2, 0.25) is 0 Å². The first-order chi connectivity index (χ1) is 12.3. The van der Waals surface area contributed by atoms with Gasteiger partial charge in [0.15, 0.2) is 0 Å². The first kappa shape index (κ1) is 25.0. The summed E-state index contributed by atoms with van der Waals surface area (Å²) in [5.74, 6) is 1.78. The molecule has 0 amide bonds. The second kappa shape index (κ2) is 20.3. The highest BCUT2D eigenvalue weighted by molar-refractivity contribution is 4.83. The normalized spacial score (nSPS) is 13.9. The van der Waals surface area contributed by atoms with Crippen LogP contribution in [-0.2, 0) is 0 Å². The molecule has 2 atom stereocenters. The maximum absolute atomic E-state index is 2.80. The van der Waals surface area contributed by atoms with Crippen LogP contribution in [0.1, 0.15) is 143 Å². The lowest BCUT2D eigenvalue weighted by atomic mass is 9.83. The lowest BCUT2D eigenvalue weighted by Gasteiger charge is -2.23. The Bertz CT molecular complexity index is 232. The van der Waals surface area contributed by atoms with Crippen LogP contribution in [0.3, 0.4) is 0 Å². The Morgan fingerprint density at radius 3 is 1.24 bits per heavy atom. The van der Waals surface area contributed by atoms with Crippen LogP contribution in [0, 0.1) is 18.3 Å². The lowest BCUT2D eigenvalue weighted by Crippen LogP contribution is -2.10. The topological polar surface area (TPSA) is 0 Å². The van der Waals surface area contributed by atoms with E-state index in [2.05, 4.69) is 34.1 Å². The third kappa shape index (κ3) is 17.2. The summed E-state index contributed by atoms with van der Waals surface area (Å²) in [6.45, 7) is 9.35. The van der Waals surface area contributed by atoms with Crippen molar-refractivity contribution >= 4 is 0 Å². The Kier molecular flexibility index (Phi) is 20.3. The molecule has 0 aliphatic heterocycles. The van der Waals surface area contributed by atoms with Crippen LogP contribution in [0.2, 0.25) is 0 Å². The lowest BCUT2D eigenvalue weighted by molar-refractivity contribution is 0.380. The largest absolute Gasteiger partial charge is 0.0654 e. The fraction of sp³-hybridized carbons (Fsp3) is 0.960. The fourth-order valence-corrected chi connectivity index (χ4v) is 4.01. The molecule has 0 spiro atoms. The van der Waals surface area contributed by atoms with Crippen molar-refractivity contribution in [2.45, 2.75) is 143 Å². The molecule has 0 saturated carbocycles. The van der Waals surface area contributed by atoms with Gasteiger partial charge in [-0.25, -0.2) is 0 Å². The van der Waals surface area contributed by atoms with Crippen molar-refractivity contribution in [3.05, 3.63) is 6.42 Å². The molecular formula is C25H51. The maximum Gasteiger partial charge on any atom is -0.0324 e. The molecule has 0 heteroatoms. The fourth-order valence-electron chi connectivity index (χ4n) is 4.01. The second-order valence-corrected chi connectivity index (χ2v) is 8.38. The minimum absolute atomic E-state index is 0.883. The van der Waals surface area contributed by atoms with E-state index in [9.17, 15) is 0 Å². The van der Waals surface area contributed by atoms with Gasteiger partial charge in [0.25, 0.3) is 0 Å². The predicted molar refractivity (Wildman–Crippen MR) is 117 cm³/mol. The van der Waals surface area contributed by atoms with Crippen LogP contribution in [0.15, 0.2) is 0 Å². The Balaban J connectivity index is 4.10. The van der Waals surface area contributed by atoms with Gasteiger partial charge in [0, 0.05) is 0 Å². The summed E-state index contributed by atoms with van der Waals surface area (Å²) < 4.78 is 0. The zero-order valence-corrected chi connectivity index (χ0v) is 18.5. The molecule has 0 fully saturated rings. The Hall–Kier alpha value is 0. The summed E-state index contributed by atoms with van der Waals surface area (Å²) in [5, 5.41) is 0. The monoisotopic (exact) mass is 351 g/mol. The van der Waals surface area contributed by atoms with Crippen molar-refractivity contribution in [2.24, 2.45) is 11.8 Å². The van der Waals surface area contributed by atoms with Crippen molar-refractivity contribution in [2.75, 3.05) is 0 Å². The van der Waals surface area contributed by atoms with Crippen LogP contribution in [0.4, 0.5) is 0 Å². The molecule has 0 bridgehead atoms. The molecule has 0 aromatic heterocycles.